The summed E-state index contributed by atoms with van der Waals surface area (Å²) in [4.78, 5) is 11.5. The lowest BCUT2D eigenvalue weighted by Crippen LogP contribution is -2.05. The van der Waals surface area contributed by atoms with Crippen molar-refractivity contribution in [3.05, 3.63) is 89.6 Å². The van der Waals surface area contributed by atoms with Gasteiger partial charge in [0.1, 0.15) is 18.1 Å². The molecule has 0 atom stereocenters. The number of hydrogen-bond acceptors (Lipinski definition) is 3. The summed E-state index contributed by atoms with van der Waals surface area (Å²) in [5.41, 5.74) is 1.46. The van der Waals surface area contributed by atoms with E-state index in [4.69, 9.17) is 4.74 Å². The largest absolute Gasteiger partial charge is 0.489 e. The summed E-state index contributed by atoms with van der Waals surface area (Å²) in [5.74, 6) is 0.566. The van der Waals surface area contributed by atoms with Crippen LogP contribution in [0.4, 0.5) is 13.2 Å². The van der Waals surface area contributed by atoms with Gasteiger partial charge in [-0.3, -0.25) is 4.79 Å². The lowest BCUT2D eigenvalue weighted by atomic mass is 10.2. The molecule has 160 valence electrons. The number of nitrogens with zero attached hydrogens (tertiary/aromatic N) is 2. The molecule has 4 rings (SSSR count). The van der Waals surface area contributed by atoms with Crippen molar-refractivity contribution in [3.8, 4) is 11.4 Å². The van der Waals surface area contributed by atoms with Gasteiger partial charge in [0.2, 0.25) is 0 Å². The van der Waals surface area contributed by atoms with Gasteiger partial charge in [0.05, 0.1) is 16.8 Å². The van der Waals surface area contributed by atoms with E-state index in [0.29, 0.717) is 35.2 Å². The molecule has 0 unspecified atom stereocenters. The second kappa shape index (κ2) is 9.47. The molecule has 31 heavy (non-hydrogen) atoms. The van der Waals surface area contributed by atoms with Crippen LogP contribution in [0.1, 0.15) is 35.5 Å². The van der Waals surface area contributed by atoms with Crippen LogP contribution >= 0.6 is 0 Å². The van der Waals surface area contributed by atoms with E-state index in [1.165, 1.54) is 16.8 Å². The molecule has 0 aliphatic rings. The normalized spacial score (nSPS) is 11.0. The summed E-state index contributed by atoms with van der Waals surface area (Å²) in [6.45, 7) is 4.37. The number of ether oxygens (including phenoxy) is 1. The molecule has 0 spiro atoms. The van der Waals surface area contributed by atoms with Gasteiger partial charge in [-0.25, -0.2) is 4.68 Å². The zero-order valence-electron chi connectivity index (χ0n) is 17.1. The van der Waals surface area contributed by atoms with Crippen molar-refractivity contribution < 1.29 is 22.7 Å². The van der Waals surface area contributed by atoms with Crippen LogP contribution in [0.25, 0.3) is 16.6 Å². The van der Waals surface area contributed by atoms with Crippen molar-refractivity contribution in [2.75, 3.05) is 0 Å². The number of halogens is 3. The fourth-order valence-corrected chi connectivity index (χ4v) is 3.03. The van der Waals surface area contributed by atoms with Gasteiger partial charge < -0.3 is 4.74 Å². The number of aldehydes is 1. The zero-order chi connectivity index (χ0) is 22.4. The average Bonchev–Trinajstić information content (AvgIpc) is 3.17. The molecule has 0 fully saturated rings. The number of rotatable bonds is 5. The predicted octanol–water partition coefficient (Wildman–Crippen LogP) is 6.46. The molecule has 1 aromatic heterocycles. The first-order valence-electron chi connectivity index (χ1n) is 9.78. The Balaban J connectivity index is 0.00000132. The number of fused-ring (bicyclic) bond motifs is 1. The highest BCUT2D eigenvalue weighted by molar-refractivity contribution is 5.96. The maximum absolute atomic E-state index is 12.8. The van der Waals surface area contributed by atoms with Crippen molar-refractivity contribution in [1.29, 1.82) is 0 Å². The van der Waals surface area contributed by atoms with E-state index in [2.05, 4.69) is 5.10 Å². The van der Waals surface area contributed by atoms with Gasteiger partial charge in [0.25, 0.3) is 0 Å². The van der Waals surface area contributed by atoms with Crippen molar-refractivity contribution in [2.45, 2.75) is 26.6 Å². The highest BCUT2D eigenvalue weighted by Crippen LogP contribution is 2.31. The summed E-state index contributed by atoms with van der Waals surface area (Å²) < 4.78 is 45.6. The molecule has 1 heterocycles. The molecule has 0 aliphatic heterocycles. The molecule has 0 amide bonds. The highest BCUT2D eigenvalue weighted by Gasteiger charge is 2.30. The first kappa shape index (κ1) is 22.1. The van der Waals surface area contributed by atoms with Crippen molar-refractivity contribution in [3.63, 3.8) is 0 Å². The highest BCUT2D eigenvalue weighted by atomic mass is 19.4. The zero-order valence-corrected chi connectivity index (χ0v) is 17.1. The van der Waals surface area contributed by atoms with Crippen molar-refractivity contribution in [2.24, 2.45) is 0 Å². The second-order valence-corrected chi connectivity index (χ2v) is 6.41. The van der Waals surface area contributed by atoms with E-state index >= 15 is 0 Å². The summed E-state index contributed by atoms with van der Waals surface area (Å²) in [5, 5.41) is 4.80. The SMILES string of the molecule is CC.O=Cc1nn(-c2ccc(C(F)(F)F)cc2)c2ccc(OCc3ccccc3)cc12. The second-order valence-electron chi connectivity index (χ2n) is 6.41. The van der Waals surface area contributed by atoms with Gasteiger partial charge in [-0.2, -0.15) is 18.3 Å². The molecule has 4 nitrogen and oxygen atoms in total. The van der Waals surface area contributed by atoms with Crippen LogP contribution in [-0.4, -0.2) is 16.1 Å². The molecular formula is C24H21F3N2O2. The lowest BCUT2D eigenvalue weighted by Gasteiger charge is -2.09. The Bertz CT molecular complexity index is 1150. The van der Waals surface area contributed by atoms with Crippen molar-refractivity contribution >= 4 is 17.2 Å². The van der Waals surface area contributed by atoms with Crippen LogP contribution in [0, 0.1) is 0 Å². The molecule has 0 aliphatic carbocycles. The minimum atomic E-state index is -4.41. The summed E-state index contributed by atoms with van der Waals surface area (Å²) in [6.07, 6.45) is -3.80. The predicted molar refractivity (Wildman–Crippen MR) is 114 cm³/mol. The Kier molecular flexibility index (Phi) is 6.74. The van der Waals surface area contributed by atoms with Crippen molar-refractivity contribution in [1.82, 2.24) is 9.78 Å². The van der Waals surface area contributed by atoms with Crippen LogP contribution in [0.3, 0.4) is 0 Å². The quantitative estimate of drug-likeness (QED) is 0.344. The number of hydrogen-bond donors (Lipinski definition) is 0. The molecule has 0 bridgehead atoms. The Morgan fingerprint density at radius 1 is 0.968 bits per heavy atom. The first-order chi connectivity index (χ1) is 15.0. The molecular weight excluding hydrogens is 405 g/mol. The molecule has 4 aromatic rings. The van der Waals surface area contributed by atoms with E-state index < -0.39 is 11.7 Å². The third-order valence-corrected chi connectivity index (χ3v) is 4.48. The monoisotopic (exact) mass is 426 g/mol. The molecule has 0 radical (unpaired) electrons. The molecule has 0 saturated carbocycles. The minimum Gasteiger partial charge on any atom is -0.489 e. The maximum atomic E-state index is 12.8. The smallest absolute Gasteiger partial charge is 0.416 e. The van der Waals surface area contributed by atoms with E-state index in [1.54, 1.807) is 18.2 Å². The fourth-order valence-electron chi connectivity index (χ4n) is 3.03. The molecule has 0 N–H and O–H groups in total. The molecule has 0 saturated heterocycles. The topological polar surface area (TPSA) is 44.1 Å². The van der Waals surface area contributed by atoms with Gasteiger partial charge in [-0.15, -0.1) is 0 Å². The number of benzene rings is 3. The van der Waals surface area contributed by atoms with Crippen LogP contribution in [0.2, 0.25) is 0 Å². The minimum absolute atomic E-state index is 0.185. The molecule has 3 aromatic carbocycles. The number of aromatic nitrogens is 2. The van der Waals surface area contributed by atoms with Crippen LogP contribution in [0.5, 0.6) is 5.75 Å². The number of alkyl halides is 3. The summed E-state index contributed by atoms with van der Waals surface area (Å²) >= 11 is 0. The third-order valence-electron chi connectivity index (χ3n) is 4.48. The Hall–Kier alpha value is -3.61. The Morgan fingerprint density at radius 3 is 2.26 bits per heavy atom. The fraction of sp³-hybridized carbons (Fsp3) is 0.167. The van der Waals surface area contributed by atoms with Gasteiger partial charge in [-0.1, -0.05) is 44.2 Å². The van der Waals surface area contributed by atoms with Crippen LogP contribution in [-0.2, 0) is 12.8 Å². The van der Waals surface area contributed by atoms with Crippen LogP contribution < -0.4 is 4.74 Å². The Morgan fingerprint density at radius 2 is 1.65 bits per heavy atom. The summed E-state index contributed by atoms with van der Waals surface area (Å²) in [7, 11) is 0. The lowest BCUT2D eigenvalue weighted by molar-refractivity contribution is -0.137. The number of carbonyl (C=O) groups is 1. The molecule has 7 heteroatoms. The Labute approximate surface area is 177 Å². The van der Waals surface area contributed by atoms with E-state index in [9.17, 15) is 18.0 Å². The first-order valence-corrected chi connectivity index (χ1v) is 9.78. The average molecular weight is 426 g/mol. The van der Waals surface area contributed by atoms with E-state index in [0.717, 1.165) is 17.7 Å². The third kappa shape index (κ3) is 4.94. The van der Waals surface area contributed by atoms with Gasteiger partial charge in [0, 0.05) is 5.39 Å². The van der Waals surface area contributed by atoms with Gasteiger partial charge in [0.15, 0.2) is 6.29 Å². The van der Waals surface area contributed by atoms with E-state index in [1.807, 2.05) is 44.2 Å². The van der Waals surface area contributed by atoms with Gasteiger partial charge in [-0.05, 0) is 48.0 Å². The number of carbonyl (C=O) groups excluding carboxylic acids is 1. The van der Waals surface area contributed by atoms with Gasteiger partial charge >= 0.3 is 6.18 Å². The summed E-state index contributed by atoms with van der Waals surface area (Å²) in [6, 6.07) is 19.4. The standard InChI is InChI=1S/C22H15F3N2O2.C2H6/c23-22(24,25)16-6-8-17(9-7-16)27-21-11-10-18(12-19(21)20(13-28)26-27)29-14-15-4-2-1-3-5-15;1-2/h1-13H,14H2;1-2H3. The maximum Gasteiger partial charge on any atom is 0.416 e. The van der Waals surface area contributed by atoms with Crippen LogP contribution in [0.15, 0.2) is 72.8 Å². The van der Waals surface area contributed by atoms with E-state index in [-0.39, 0.29) is 5.69 Å².